The molecule has 0 unspecified atom stereocenters. The van der Waals surface area contributed by atoms with E-state index >= 15 is 0 Å². The minimum absolute atomic E-state index is 0.0590. The predicted molar refractivity (Wildman–Crippen MR) is 68.3 cm³/mol. The molecule has 2 aliphatic heterocycles. The molecule has 0 aliphatic carbocycles. The fourth-order valence-electron chi connectivity index (χ4n) is 2.89. The first-order valence-electron chi connectivity index (χ1n) is 6.74. The number of alkyl halides is 1. The van der Waals surface area contributed by atoms with E-state index in [-0.39, 0.29) is 16.9 Å². The fourth-order valence-corrected chi connectivity index (χ4v) is 3.03. The lowest BCUT2D eigenvalue weighted by atomic mass is 9.85. The fraction of sp³-hybridized carbons (Fsp3) is 0.923. The van der Waals surface area contributed by atoms with Gasteiger partial charge in [0.25, 0.3) is 0 Å². The summed E-state index contributed by atoms with van der Waals surface area (Å²) in [7, 11) is 0. The van der Waals surface area contributed by atoms with Gasteiger partial charge in [-0.15, -0.1) is 11.6 Å². The Morgan fingerprint density at radius 3 is 2.82 bits per heavy atom. The van der Waals surface area contributed by atoms with E-state index in [1.54, 1.807) is 0 Å². The summed E-state index contributed by atoms with van der Waals surface area (Å²) in [5.41, 5.74) is -0.0590. The molecule has 3 nitrogen and oxygen atoms in total. The van der Waals surface area contributed by atoms with Crippen molar-refractivity contribution < 1.29 is 9.53 Å². The van der Waals surface area contributed by atoms with Gasteiger partial charge in [0.2, 0.25) is 5.91 Å². The van der Waals surface area contributed by atoms with Crippen molar-refractivity contribution in [2.75, 3.05) is 19.7 Å². The lowest BCUT2D eigenvalue weighted by Gasteiger charge is -2.45. The first-order chi connectivity index (χ1) is 8.17. The van der Waals surface area contributed by atoms with Crippen molar-refractivity contribution in [2.45, 2.75) is 56.4 Å². The van der Waals surface area contributed by atoms with Crippen LogP contribution in [0.5, 0.6) is 0 Å². The molecule has 0 aromatic heterocycles. The number of carbonyl (C=O) groups excluding carboxylic acids is 1. The molecule has 17 heavy (non-hydrogen) atoms. The number of halogens is 1. The van der Waals surface area contributed by atoms with E-state index in [9.17, 15) is 4.79 Å². The third kappa shape index (κ3) is 2.94. The lowest BCUT2D eigenvalue weighted by molar-refractivity contribution is -0.148. The van der Waals surface area contributed by atoms with E-state index in [2.05, 4.69) is 0 Å². The third-order valence-corrected chi connectivity index (χ3v) is 4.41. The zero-order chi connectivity index (χ0) is 12.3. The van der Waals surface area contributed by atoms with Crippen LogP contribution in [0.1, 0.15) is 45.4 Å². The highest BCUT2D eigenvalue weighted by Gasteiger charge is 2.39. The average Bonchev–Trinajstić information content (AvgIpc) is 2.38. The van der Waals surface area contributed by atoms with Gasteiger partial charge < -0.3 is 9.64 Å². The average molecular weight is 260 g/mol. The molecular formula is C13H22ClNO2. The van der Waals surface area contributed by atoms with Crippen LogP contribution in [0.25, 0.3) is 0 Å². The Kier molecular flexibility index (Phi) is 4.31. The third-order valence-electron chi connectivity index (χ3n) is 3.91. The Hall–Kier alpha value is -0.280. The van der Waals surface area contributed by atoms with Crippen molar-refractivity contribution >= 4 is 17.5 Å². The van der Waals surface area contributed by atoms with E-state index in [0.717, 1.165) is 45.4 Å². The van der Waals surface area contributed by atoms with Crippen LogP contribution in [0.15, 0.2) is 0 Å². The molecule has 2 fully saturated rings. The number of hydrogen-bond acceptors (Lipinski definition) is 2. The van der Waals surface area contributed by atoms with Gasteiger partial charge in [0.15, 0.2) is 0 Å². The highest BCUT2D eigenvalue weighted by atomic mass is 35.5. The van der Waals surface area contributed by atoms with E-state index < -0.39 is 0 Å². The molecule has 1 spiro atoms. The SMILES string of the molecule is CC[C@@H](Cl)C(=O)N1CCC[C@]2(CCCCO2)C1. The molecule has 0 aromatic carbocycles. The largest absolute Gasteiger partial charge is 0.373 e. The van der Waals surface area contributed by atoms with Crippen molar-refractivity contribution in [1.82, 2.24) is 4.90 Å². The quantitative estimate of drug-likeness (QED) is 0.714. The molecule has 0 aromatic rings. The standard InChI is InChI=1S/C13H22ClNO2/c1-2-11(14)12(16)15-8-5-7-13(10-15)6-3-4-9-17-13/h11H,2-10H2,1H3/t11-,13-/m1/s1. The number of rotatable bonds is 2. The Morgan fingerprint density at radius 1 is 1.41 bits per heavy atom. The van der Waals surface area contributed by atoms with E-state index in [0.29, 0.717) is 6.42 Å². The monoisotopic (exact) mass is 259 g/mol. The van der Waals surface area contributed by atoms with Crippen LogP contribution >= 0.6 is 11.6 Å². The molecule has 2 saturated heterocycles. The Balaban J connectivity index is 1.98. The van der Waals surface area contributed by atoms with Gasteiger partial charge in [-0.2, -0.15) is 0 Å². The number of piperidine rings is 1. The zero-order valence-electron chi connectivity index (χ0n) is 10.6. The van der Waals surface area contributed by atoms with Crippen LogP contribution in [0.2, 0.25) is 0 Å². The summed E-state index contributed by atoms with van der Waals surface area (Å²) < 4.78 is 5.96. The summed E-state index contributed by atoms with van der Waals surface area (Å²) in [6.45, 7) is 4.38. The van der Waals surface area contributed by atoms with Crippen molar-refractivity contribution in [3.05, 3.63) is 0 Å². The van der Waals surface area contributed by atoms with Crippen LogP contribution in [0, 0.1) is 0 Å². The summed E-state index contributed by atoms with van der Waals surface area (Å²) in [6, 6.07) is 0. The van der Waals surface area contributed by atoms with Crippen molar-refractivity contribution in [3.8, 4) is 0 Å². The van der Waals surface area contributed by atoms with Gasteiger partial charge in [-0.25, -0.2) is 0 Å². The molecule has 1 amide bonds. The Labute approximate surface area is 108 Å². The van der Waals surface area contributed by atoms with Crippen molar-refractivity contribution in [1.29, 1.82) is 0 Å². The highest BCUT2D eigenvalue weighted by molar-refractivity contribution is 6.30. The number of amides is 1. The second kappa shape index (κ2) is 5.57. The highest BCUT2D eigenvalue weighted by Crippen LogP contribution is 2.34. The van der Waals surface area contributed by atoms with Gasteiger partial charge in [0.05, 0.1) is 5.60 Å². The predicted octanol–water partition coefficient (Wildman–Crippen LogP) is 2.57. The van der Waals surface area contributed by atoms with Gasteiger partial charge in [0, 0.05) is 19.7 Å². The van der Waals surface area contributed by atoms with Gasteiger partial charge >= 0.3 is 0 Å². The number of hydrogen-bond donors (Lipinski definition) is 0. The molecule has 0 bridgehead atoms. The maximum Gasteiger partial charge on any atom is 0.240 e. The van der Waals surface area contributed by atoms with Crippen LogP contribution < -0.4 is 0 Å². The molecule has 98 valence electrons. The zero-order valence-corrected chi connectivity index (χ0v) is 11.3. The molecule has 2 aliphatic rings. The van der Waals surface area contributed by atoms with Gasteiger partial charge in [-0.3, -0.25) is 4.79 Å². The molecule has 2 rings (SSSR count). The van der Waals surface area contributed by atoms with E-state index in [1.807, 2.05) is 11.8 Å². The van der Waals surface area contributed by atoms with Crippen LogP contribution in [-0.4, -0.2) is 41.5 Å². The molecular weight excluding hydrogens is 238 g/mol. The second-order valence-corrected chi connectivity index (χ2v) is 5.75. The maximum absolute atomic E-state index is 12.1. The Morgan fingerprint density at radius 2 is 2.18 bits per heavy atom. The smallest absolute Gasteiger partial charge is 0.240 e. The number of nitrogens with zero attached hydrogens (tertiary/aromatic N) is 1. The van der Waals surface area contributed by atoms with Crippen LogP contribution in [0.3, 0.4) is 0 Å². The van der Waals surface area contributed by atoms with Crippen LogP contribution in [-0.2, 0) is 9.53 Å². The molecule has 2 heterocycles. The topological polar surface area (TPSA) is 29.5 Å². The maximum atomic E-state index is 12.1. The molecule has 0 radical (unpaired) electrons. The number of ether oxygens (including phenoxy) is 1. The molecule has 2 atom stereocenters. The normalized spacial score (nSPS) is 31.5. The summed E-state index contributed by atoms with van der Waals surface area (Å²) in [5.74, 6) is 0.0856. The minimum atomic E-state index is -0.367. The second-order valence-electron chi connectivity index (χ2n) is 5.23. The first-order valence-corrected chi connectivity index (χ1v) is 7.17. The number of likely N-dealkylation sites (tertiary alicyclic amines) is 1. The summed E-state index contributed by atoms with van der Waals surface area (Å²) in [4.78, 5) is 14.0. The molecule has 4 heteroatoms. The minimum Gasteiger partial charge on any atom is -0.373 e. The summed E-state index contributed by atoms with van der Waals surface area (Å²) in [6.07, 6.45) is 6.30. The first kappa shape index (κ1) is 13.2. The lowest BCUT2D eigenvalue weighted by Crippen LogP contribution is -2.54. The summed E-state index contributed by atoms with van der Waals surface area (Å²) in [5, 5.41) is -0.367. The van der Waals surface area contributed by atoms with E-state index in [1.165, 1.54) is 6.42 Å². The van der Waals surface area contributed by atoms with Gasteiger partial charge in [-0.1, -0.05) is 6.92 Å². The van der Waals surface area contributed by atoms with E-state index in [4.69, 9.17) is 16.3 Å². The van der Waals surface area contributed by atoms with Gasteiger partial charge in [0.1, 0.15) is 5.38 Å². The van der Waals surface area contributed by atoms with Crippen molar-refractivity contribution in [3.63, 3.8) is 0 Å². The van der Waals surface area contributed by atoms with Crippen molar-refractivity contribution in [2.24, 2.45) is 0 Å². The van der Waals surface area contributed by atoms with Crippen LogP contribution in [0.4, 0.5) is 0 Å². The molecule has 0 saturated carbocycles. The number of carbonyl (C=O) groups is 1. The summed E-state index contributed by atoms with van der Waals surface area (Å²) >= 11 is 6.04. The van der Waals surface area contributed by atoms with Gasteiger partial charge in [-0.05, 0) is 38.5 Å². The molecule has 0 N–H and O–H groups in total. The Bertz CT molecular complexity index is 271.